The molecular weight excluding hydrogens is 224 g/mol. The van der Waals surface area contributed by atoms with Crippen molar-refractivity contribution in [2.24, 2.45) is 5.92 Å². The molecule has 1 saturated heterocycles. The van der Waals surface area contributed by atoms with Crippen LogP contribution in [0, 0.1) is 17.2 Å². The van der Waals surface area contributed by atoms with Crippen LogP contribution in [0.3, 0.4) is 0 Å². The fourth-order valence-corrected chi connectivity index (χ4v) is 2.66. The van der Waals surface area contributed by atoms with E-state index in [2.05, 4.69) is 29.4 Å². The molecule has 98 valence electrons. The first kappa shape index (κ1) is 12.8. The Balaban J connectivity index is 2.37. The zero-order chi connectivity index (χ0) is 13.1. The molecule has 1 aliphatic heterocycles. The van der Waals surface area contributed by atoms with Crippen LogP contribution in [0.1, 0.15) is 38.8 Å². The summed E-state index contributed by atoms with van der Waals surface area (Å²) < 4.78 is 2.09. The zero-order valence-electron chi connectivity index (χ0n) is 11.3. The predicted octanol–water partition coefficient (Wildman–Crippen LogP) is 2.59. The highest BCUT2D eigenvalue weighted by atomic mass is 15.3. The van der Waals surface area contributed by atoms with E-state index in [1.165, 1.54) is 19.3 Å². The van der Waals surface area contributed by atoms with E-state index in [0.29, 0.717) is 11.6 Å². The fraction of sp³-hybridized carbons (Fsp3) is 0.643. The van der Waals surface area contributed by atoms with Crippen molar-refractivity contribution in [1.29, 1.82) is 5.26 Å². The van der Waals surface area contributed by atoms with Gasteiger partial charge in [-0.1, -0.05) is 13.8 Å². The predicted molar refractivity (Wildman–Crippen MR) is 74.5 cm³/mol. The van der Waals surface area contributed by atoms with Gasteiger partial charge in [0.2, 0.25) is 0 Å². The minimum atomic E-state index is 0.507. The van der Waals surface area contributed by atoms with Crippen LogP contribution in [-0.4, -0.2) is 17.7 Å². The van der Waals surface area contributed by atoms with E-state index in [1.807, 2.05) is 6.07 Å². The van der Waals surface area contributed by atoms with E-state index in [4.69, 9.17) is 5.73 Å². The summed E-state index contributed by atoms with van der Waals surface area (Å²) in [5, 5.41) is 9.22. The molecule has 0 saturated carbocycles. The molecule has 1 aromatic heterocycles. The number of nitrogens with zero attached hydrogens (tertiary/aromatic N) is 3. The molecule has 0 atom stereocenters. The van der Waals surface area contributed by atoms with E-state index in [1.54, 1.807) is 0 Å². The largest absolute Gasteiger partial charge is 0.396 e. The zero-order valence-corrected chi connectivity index (χ0v) is 11.3. The third kappa shape index (κ3) is 2.45. The van der Waals surface area contributed by atoms with E-state index < -0.39 is 0 Å². The molecule has 2 rings (SSSR count). The summed E-state index contributed by atoms with van der Waals surface area (Å²) in [6.07, 6.45) is 3.73. The lowest BCUT2D eigenvalue weighted by Gasteiger charge is -2.30. The minimum Gasteiger partial charge on any atom is -0.396 e. The standard InChI is InChI=1S/C14H22N4/c1-11(2)10-18-12(9-15)8-13(16)14(18)17-6-4-3-5-7-17/h8,11H,3-7,10,16H2,1-2H3. The molecule has 0 radical (unpaired) electrons. The van der Waals surface area contributed by atoms with Gasteiger partial charge in [0.15, 0.2) is 0 Å². The van der Waals surface area contributed by atoms with Gasteiger partial charge < -0.3 is 15.2 Å². The summed E-state index contributed by atoms with van der Waals surface area (Å²) in [6.45, 7) is 7.29. The molecule has 0 aromatic carbocycles. The average molecular weight is 246 g/mol. The van der Waals surface area contributed by atoms with Crippen molar-refractivity contribution in [3.63, 3.8) is 0 Å². The highest BCUT2D eigenvalue weighted by Crippen LogP contribution is 2.30. The fourth-order valence-electron chi connectivity index (χ4n) is 2.66. The molecule has 0 aliphatic carbocycles. The Morgan fingerprint density at radius 2 is 2.00 bits per heavy atom. The number of hydrogen-bond acceptors (Lipinski definition) is 3. The molecule has 1 fully saturated rings. The highest BCUT2D eigenvalue weighted by molar-refractivity contribution is 5.68. The summed E-state index contributed by atoms with van der Waals surface area (Å²) in [5.74, 6) is 1.56. The second-order valence-corrected chi connectivity index (χ2v) is 5.47. The summed E-state index contributed by atoms with van der Waals surface area (Å²) in [4.78, 5) is 2.34. The lowest BCUT2D eigenvalue weighted by atomic mass is 10.1. The van der Waals surface area contributed by atoms with Crippen molar-refractivity contribution < 1.29 is 0 Å². The Kier molecular flexibility index (Phi) is 3.81. The first-order valence-electron chi connectivity index (χ1n) is 6.77. The maximum Gasteiger partial charge on any atom is 0.133 e. The van der Waals surface area contributed by atoms with Crippen LogP contribution in [0.4, 0.5) is 11.5 Å². The van der Waals surface area contributed by atoms with Gasteiger partial charge >= 0.3 is 0 Å². The maximum absolute atomic E-state index is 9.22. The van der Waals surface area contributed by atoms with Crippen molar-refractivity contribution in [2.45, 2.75) is 39.7 Å². The van der Waals surface area contributed by atoms with Crippen LogP contribution < -0.4 is 10.6 Å². The van der Waals surface area contributed by atoms with Crippen LogP contribution >= 0.6 is 0 Å². The highest BCUT2D eigenvalue weighted by Gasteiger charge is 2.21. The minimum absolute atomic E-state index is 0.507. The Morgan fingerprint density at radius 1 is 1.33 bits per heavy atom. The summed E-state index contributed by atoms with van der Waals surface area (Å²) in [6, 6.07) is 4.07. The first-order chi connectivity index (χ1) is 8.63. The van der Waals surface area contributed by atoms with E-state index in [9.17, 15) is 5.26 Å². The number of rotatable bonds is 3. The van der Waals surface area contributed by atoms with Gasteiger partial charge in [-0.3, -0.25) is 0 Å². The molecule has 0 bridgehead atoms. The number of nitrogens with two attached hydrogens (primary N) is 1. The van der Waals surface area contributed by atoms with E-state index in [-0.39, 0.29) is 0 Å². The molecule has 4 nitrogen and oxygen atoms in total. The topological polar surface area (TPSA) is 58.0 Å². The number of piperidine rings is 1. The monoisotopic (exact) mass is 246 g/mol. The van der Waals surface area contributed by atoms with Crippen molar-refractivity contribution >= 4 is 11.5 Å². The number of aromatic nitrogens is 1. The molecule has 4 heteroatoms. The SMILES string of the molecule is CC(C)Cn1c(C#N)cc(N)c1N1CCCCC1. The van der Waals surface area contributed by atoms with Crippen molar-refractivity contribution in [3.05, 3.63) is 11.8 Å². The number of hydrogen-bond donors (Lipinski definition) is 1. The Morgan fingerprint density at radius 3 is 2.56 bits per heavy atom. The Labute approximate surface area is 109 Å². The van der Waals surface area contributed by atoms with Gasteiger partial charge in [-0.05, 0) is 31.2 Å². The first-order valence-corrected chi connectivity index (χ1v) is 6.77. The number of nitriles is 1. The van der Waals surface area contributed by atoms with Gasteiger partial charge in [0.25, 0.3) is 0 Å². The van der Waals surface area contributed by atoms with Gasteiger partial charge in [-0.15, -0.1) is 0 Å². The molecule has 2 N–H and O–H groups in total. The molecular formula is C14H22N4. The quantitative estimate of drug-likeness (QED) is 0.891. The molecule has 0 unspecified atom stereocenters. The van der Waals surface area contributed by atoms with E-state index >= 15 is 0 Å². The number of nitrogen functional groups attached to an aromatic ring is 1. The summed E-state index contributed by atoms with van der Waals surface area (Å²) >= 11 is 0. The number of anilines is 2. The van der Waals surface area contributed by atoms with Crippen LogP contribution in [0.5, 0.6) is 0 Å². The summed E-state index contributed by atoms with van der Waals surface area (Å²) in [7, 11) is 0. The van der Waals surface area contributed by atoms with Gasteiger partial charge in [0.05, 0.1) is 5.69 Å². The molecule has 0 spiro atoms. The normalized spacial score (nSPS) is 16.0. The van der Waals surface area contributed by atoms with Crippen LogP contribution in [0.25, 0.3) is 0 Å². The Hall–Kier alpha value is -1.63. The van der Waals surface area contributed by atoms with Gasteiger partial charge in [0.1, 0.15) is 17.6 Å². The van der Waals surface area contributed by atoms with Crippen molar-refractivity contribution in [2.75, 3.05) is 23.7 Å². The van der Waals surface area contributed by atoms with Crippen molar-refractivity contribution in [3.8, 4) is 6.07 Å². The maximum atomic E-state index is 9.22. The second-order valence-electron chi connectivity index (χ2n) is 5.47. The third-order valence-electron chi connectivity index (χ3n) is 3.41. The summed E-state index contributed by atoms with van der Waals surface area (Å²) in [5.41, 5.74) is 7.54. The molecule has 1 aromatic rings. The van der Waals surface area contributed by atoms with Crippen LogP contribution in [-0.2, 0) is 6.54 Å². The second kappa shape index (κ2) is 5.34. The van der Waals surface area contributed by atoms with Gasteiger partial charge in [0, 0.05) is 19.6 Å². The van der Waals surface area contributed by atoms with Gasteiger partial charge in [-0.25, -0.2) is 0 Å². The molecule has 1 aliphatic rings. The van der Waals surface area contributed by atoms with E-state index in [0.717, 1.165) is 31.1 Å². The Bertz CT molecular complexity index is 447. The van der Waals surface area contributed by atoms with Crippen LogP contribution in [0.2, 0.25) is 0 Å². The van der Waals surface area contributed by atoms with Crippen LogP contribution in [0.15, 0.2) is 6.07 Å². The van der Waals surface area contributed by atoms with Crippen molar-refractivity contribution in [1.82, 2.24) is 4.57 Å². The van der Waals surface area contributed by atoms with Gasteiger partial charge in [-0.2, -0.15) is 5.26 Å². The lowest BCUT2D eigenvalue weighted by molar-refractivity contribution is 0.504. The third-order valence-corrected chi connectivity index (χ3v) is 3.41. The lowest BCUT2D eigenvalue weighted by Crippen LogP contribution is -2.32. The average Bonchev–Trinajstić information content (AvgIpc) is 2.66. The smallest absolute Gasteiger partial charge is 0.133 e. The molecule has 0 amide bonds. The molecule has 2 heterocycles. The molecule has 18 heavy (non-hydrogen) atoms.